The van der Waals surface area contributed by atoms with Crippen molar-refractivity contribution < 1.29 is 24.3 Å². The van der Waals surface area contributed by atoms with Crippen LogP contribution >= 0.6 is 11.6 Å². The number of nitrogens with zero attached hydrogens (tertiary/aromatic N) is 2. The number of phenolic OH excluding ortho intramolecular Hbond substituents is 1. The smallest absolute Gasteiger partial charge is 0.262 e. The second kappa shape index (κ2) is 8.42. The lowest BCUT2D eigenvalue weighted by Crippen LogP contribution is -2.36. The Bertz CT molecular complexity index is 1200. The fourth-order valence-electron chi connectivity index (χ4n) is 4.42. The molecule has 33 heavy (non-hydrogen) atoms. The summed E-state index contributed by atoms with van der Waals surface area (Å²) in [4.78, 5) is 34.2. The van der Waals surface area contributed by atoms with E-state index in [0.717, 1.165) is 5.56 Å². The zero-order chi connectivity index (χ0) is 23.1. The number of ether oxygens (including phenoxy) is 1. The fourth-order valence-corrected chi connectivity index (χ4v) is 4.55. The molecule has 8 heteroatoms. The maximum Gasteiger partial charge on any atom is 0.262 e. The van der Waals surface area contributed by atoms with Crippen molar-refractivity contribution in [2.45, 2.75) is 18.7 Å². The first-order valence-corrected chi connectivity index (χ1v) is 10.8. The quantitative estimate of drug-likeness (QED) is 0.573. The molecule has 168 valence electrons. The summed E-state index contributed by atoms with van der Waals surface area (Å²) in [5.41, 5.74) is 2.19. The van der Waals surface area contributed by atoms with E-state index in [2.05, 4.69) is 0 Å². The molecule has 3 aromatic rings. The van der Waals surface area contributed by atoms with Crippen LogP contribution in [0.15, 0.2) is 72.8 Å². The van der Waals surface area contributed by atoms with Crippen LogP contribution in [0.3, 0.4) is 0 Å². The number of anilines is 1. The van der Waals surface area contributed by atoms with Gasteiger partial charge in [-0.3, -0.25) is 19.3 Å². The van der Waals surface area contributed by atoms with Gasteiger partial charge in [-0.25, -0.2) is 5.06 Å². The molecule has 5 rings (SSSR count). The molecule has 2 fully saturated rings. The predicted molar refractivity (Wildman–Crippen MR) is 122 cm³/mol. The lowest BCUT2D eigenvalue weighted by molar-refractivity contribution is -0.143. The number of benzene rings is 3. The zero-order valence-electron chi connectivity index (χ0n) is 17.7. The third kappa shape index (κ3) is 3.69. The molecule has 0 unspecified atom stereocenters. The van der Waals surface area contributed by atoms with Crippen molar-refractivity contribution >= 4 is 29.1 Å². The molecule has 1 N–H and O–H groups in total. The Hall–Kier alpha value is -3.55. The fraction of sp³-hybridized carbons (Fsp3) is 0.200. The number of fused-ring (bicyclic) bond motifs is 1. The average Bonchev–Trinajstić information content (AvgIpc) is 3.33. The molecule has 0 bridgehead atoms. The molecule has 0 saturated carbocycles. The minimum atomic E-state index is -0.957. The number of amides is 2. The van der Waals surface area contributed by atoms with E-state index in [0.29, 0.717) is 16.3 Å². The minimum absolute atomic E-state index is 0.0192. The van der Waals surface area contributed by atoms with Gasteiger partial charge in [-0.1, -0.05) is 48.0 Å². The van der Waals surface area contributed by atoms with Gasteiger partial charge in [0.1, 0.15) is 5.92 Å². The van der Waals surface area contributed by atoms with Crippen molar-refractivity contribution in [1.82, 2.24) is 4.90 Å². The Labute approximate surface area is 195 Å². The van der Waals surface area contributed by atoms with Crippen LogP contribution in [0, 0.1) is 5.92 Å². The van der Waals surface area contributed by atoms with E-state index in [9.17, 15) is 14.7 Å². The summed E-state index contributed by atoms with van der Waals surface area (Å²) in [7, 11) is 1.45. The van der Waals surface area contributed by atoms with Crippen LogP contribution < -0.4 is 9.80 Å². The first-order valence-electron chi connectivity index (χ1n) is 10.5. The van der Waals surface area contributed by atoms with E-state index in [4.69, 9.17) is 21.2 Å². The Morgan fingerprint density at radius 3 is 2.42 bits per heavy atom. The number of halogens is 1. The van der Waals surface area contributed by atoms with Crippen LogP contribution in [0.2, 0.25) is 5.02 Å². The first-order chi connectivity index (χ1) is 16.0. The molecule has 2 aliphatic rings. The predicted octanol–water partition coefficient (Wildman–Crippen LogP) is 4.10. The Kier molecular flexibility index (Phi) is 5.44. The van der Waals surface area contributed by atoms with Gasteiger partial charge < -0.3 is 9.84 Å². The molecule has 7 nitrogen and oxygen atoms in total. The highest BCUT2D eigenvalue weighted by molar-refractivity contribution is 6.30. The normalized spacial score (nSPS) is 22.1. The van der Waals surface area contributed by atoms with Crippen LogP contribution in [0.1, 0.15) is 17.2 Å². The highest BCUT2D eigenvalue weighted by Crippen LogP contribution is 2.48. The summed E-state index contributed by atoms with van der Waals surface area (Å²) >= 11 is 6.05. The third-order valence-corrected chi connectivity index (χ3v) is 6.27. The number of aromatic hydroxyl groups is 1. The number of hydroxylamine groups is 1. The SMILES string of the molecule is COc1cc([C@@H]2[C@H]3C(=O)N(Cc4ccccc4)C(=O)[C@@H]3ON2c2ccc(Cl)cc2)ccc1O. The first kappa shape index (κ1) is 21.3. The van der Waals surface area contributed by atoms with E-state index >= 15 is 0 Å². The number of phenols is 1. The van der Waals surface area contributed by atoms with Crippen molar-refractivity contribution in [3.63, 3.8) is 0 Å². The van der Waals surface area contributed by atoms with E-state index in [1.54, 1.807) is 41.5 Å². The van der Waals surface area contributed by atoms with Gasteiger partial charge in [0, 0.05) is 5.02 Å². The monoisotopic (exact) mass is 464 g/mol. The van der Waals surface area contributed by atoms with E-state index < -0.39 is 18.1 Å². The summed E-state index contributed by atoms with van der Waals surface area (Å²) in [6.45, 7) is 0.182. The molecule has 0 aliphatic carbocycles. The zero-order valence-corrected chi connectivity index (χ0v) is 18.5. The van der Waals surface area contributed by atoms with Crippen LogP contribution in [0.4, 0.5) is 5.69 Å². The molecular weight excluding hydrogens is 444 g/mol. The number of methoxy groups -OCH3 is 1. The number of carbonyl (C=O) groups is 2. The maximum atomic E-state index is 13.5. The van der Waals surface area contributed by atoms with E-state index in [-0.39, 0.29) is 29.9 Å². The lowest BCUT2D eigenvalue weighted by atomic mass is 9.90. The van der Waals surface area contributed by atoms with Crippen LogP contribution in [0.5, 0.6) is 11.5 Å². The molecule has 2 heterocycles. The Morgan fingerprint density at radius 2 is 1.73 bits per heavy atom. The minimum Gasteiger partial charge on any atom is -0.504 e. The number of likely N-dealkylation sites (tertiary alicyclic amines) is 1. The van der Waals surface area contributed by atoms with Gasteiger partial charge in [0.25, 0.3) is 5.91 Å². The van der Waals surface area contributed by atoms with Crippen LogP contribution in [0.25, 0.3) is 0 Å². The number of imide groups is 1. The molecule has 3 atom stereocenters. The van der Waals surface area contributed by atoms with E-state index in [1.165, 1.54) is 18.1 Å². The summed E-state index contributed by atoms with van der Waals surface area (Å²) in [6, 6.07) is 20.6. The molecule has 0 radical (unpaired) electrons. The second-order valence-electron chi connectivity index (χ2n) is 7.98. The van der Waals surface area contributed by atoms with Crippen molar-refractivity contribution in [2.24, 2.45) is 5.92 Å². The second-order valence-corrected chi connectivity index (χ2v) is 8.41. The Morgan fingerprint density at radius 1 is 1.00 bits per heavy atom. The summed E-state index contributed by atoms with van der Waals surface area (Å²) in [6.07, 6.45) is -0.957. The van der Waals surface area contributed by atoms with Gasteiger partial charge in [0.15, 0.2) is 17.6 Å². The van der Waals surface area contributed by atoms with E-state index in [1.807, 2.05) is 30.3 Å². The largest absolute Gasteiger partial charge is 0.504 e. The topological polar surface area (TPSA) is 79.3 Å². The highest BCUT2D eigenvalue weighted by atomic mass is 35.5. The summed E-state index contributed by atoms with van der Waals surface area (Å²) in [5.74, 6) is -1.19. The average molecular weight is 465 g/mol. The third-order valence-electron chi connectivity index (χ3n) is 6.02. The number of carbonyl (C=O) groups excluding carboxylic acids is 2. The number of hydrogen-bond donors (Lipinski definition) is 1. The molecule has 2 amide bonds. The summed E-state index contributed by atoms with van der Waals surface area (Å²) in [5, 5.41) is 12.2. The molecule has 2 saturated heterocycles. The van der Waals surface area contributed by atoms with Crippen LogP contribution in [-0.2, 0) is 21.0 Å². The Balaban J connectivity index is 1.55. The molecule has 0 aromatic heterocycles. The molecule has 0 spiro atoms. The molecular formula is C25H21ClN2O5. The van der Waals surface area contributed by atoms with Gasteiger partial charge in [-0.15, -0.1) is 0 Å². The van der Waals surface area contributed by atoms with Gasteiger partial charge in [0.05, 0.1) is 25.4 Å². The summed E-state index contributed by atoms with van der Waals surface area (Å²) < 4.78 is 5.27. The van der Waals surface area contributed by atoms with Gasteiger partial charge in [-0.05, 0) is 47.5 Å². The van der Waals surface area contributed by atoms with Gasteiger partial charge in [0.2, 0.25) is 5.91 Å². The number of rotatable bonds is 5. The van der Waals surface area contributed by atoms with Crippen molar-refractivity contribution in [3.8, 4) is 11.5 Å². The van der Waals surface area contributed by atoms with Gasteiger partial charge >= 0.3 is 0 Å². The standard InChI is InChI=1S/C25H21ClN2O5/c1-32-20-13-16(7-12-19(20)29)22-21-23(33-28(22)18-10-8-17(26)9-11-18)25(31)27(24(21)30)14-15-5-3-2-4-6-15/h2-13,21-23,29H,14H2,1H3/t21-,22-,23-/m1/s1. The van der Waals surface area contributed by atoms with Crippen molar-refractivity contribution in [1.29, 1.82) is 0 Å². The number of hydrogen-bond acceptors (Lipinski definition) is 6. The van der Waals surface area contributed by atoms with Crippen molar-refractivity contribution in [2.75, 3.05) is 12.2 Å². The van der Waals surface area contributed by atoms with Crippen molar-refractivity contribution in [3.05, 3.63) is 88.9 Å². The lowest BCUT2D eigenvalue weighted by Gasteiger charge is -2.29. The van der Waals surface area contributed by atoms with Crippen LogP contribution in [-0.4, -0.2) is 35.0 Å². The highest BCUT2D eigenvalue weighted by Gasteiger charge is 2.59. The maximum absolute atomic E-state index is 13.5. The van der Waals surface area contributed by atoms with Gasteiger partial charge in [-0.2, -0.15) is 0 Å². The molecule has 3 aromatic carbocycles. The molecule has 2 aliphatic heterocycles.